The van der Waals surface area contributed by atoms with Crippen molar-refractivity contribution in [3.05, 3.63) is 29.8 Å². The number of thioether (sulfide) groups is 1. The van der Waals surface area contributed by atoms with Crippen LogP contribution in [0.15, 0.2) is 29.2 Å². The summed E-state index contributed by atoms with van der Waals surface area (Å²) < 4.78 is 0. The fourth-order valence-corrected chi connectivity index (χ4v) is 2.84. The third kappa shape index (κ3) is 3.77. The van der Waals surface area contributed by atoms with Crippen LogP contribution in [0.2, 0.25) is 0 Å². The van der Waals surface area contributed by atoms with Gasteiger partial charge in [0.2, 0.25) is 0 Å². The Labute approximate surface area is 114 Å². The van der Waals surface area contributed by atoms with E-state index in [9.17, 15) is 4.79 Å². The quantitative estimate of drug-likeness (QED) is 0.662. The molecule has 2 nitrogen and oxygen atoms in total. The van der Waals surface area contributed by atoms with Crippen LogP contribution in [-0.4, -0.2) is 18.2 Å². The van der Waals surface area contributed by atoms with Crippen molar-refractivity contribution in [2.24, 2.45) is 0 Å². The van der Waals surface area contributed by atoms with Crippen molar-refractivity contribution in [3.63, 3.8) is 0 Å². The minimum atomic E-state index is 0.0783. The molecule has 0 unspecified atom stereocenters. The van der Waals surface area contributed by atoms with Crippen LogP contribution in [0.3, 0.4) is 0 Å². The summed E-state index contributed by atoms with van der Waals surface area (Å²) in [5.41, 5.74) is 0.775. The maximum absolute atomic E-state index is 12.1. The molecule has 1 aliphatic carbocycles. The molecule has 1 fully saturated rings. The first-order chi connectivity index (χ1) is 8.79. The van der Waals surface area contributed by atoms with Crippen LogP contribution >= 0.6 is 11.8 Å². The number of nitrogens with one attached hydrogen (secondary N) is 1. The lowest BCUT2D eigenvalue weighted by molar-refractivity contribution is 0.0933. The second-order valence-electron chi connectivity index (χ2n) is 4.89. The topological polar surface area (TPSA) is 29.1 Å². The van der Waals surface area contributed by atoms with Gasteiger partial charge < -0.3 is 5.32 Å². The molecule has 0 bridgehead atoms. The van der Waals surface area contributed by atoms with Crippen molar-refractivity contribution in [1.82, 2.24) is 5.32 Å². The molecule has 3 heteroatoms. The molecule has 1 aromatic rings. The molecule has 0 aliphatic heterocycles. The molecule has 0 spiro atoms. The van der Waals surface area contributed by atoms with Crippen LogP contribution in [0.5, 0.6) is 0 Å². The summed E-state index contributed by atoms with van der Waals surface area (Å²) in [7, 11) is 0. The van der Waals surface area contributed by atoms with Crippen molar-refractivity contribution in [1.29, 1.82) is 0 Å². The van der Waals surface area contributed by atoms with E-state index in [1.54, 1.807) is 11.8 Å². The number of hydrogen-bond donors (Lipinski definition) is 1. The minimum absolute atomic E-state index is 0.0783. The van der Waals surface area contributed by atoms with E-state index in [-0.39, 0.29) is 5.91 Å². The fourth-order valence-electron chi connectivity index (χ4n) is 2.43. The van der Waals surface area contributed by atoms with E-state index < -0.39 is 0 Å². The van der Waals surface area contributed by atoms with Gasteiger partial charge in [0.05, 0.1) is 0 Å². The summed E-state index contributed by atoms with van der Waals surface area (Å²) in [6.45, 7) is 0. The maximum Gasteiger partial charge on any atom is 0.251 e. The third-order valence-electron chi connectivity index (χ3n) is 3.54. The zero-order valence-electron chi connectivity index (χ0n) is 10.9. The number of amides is 1. The molecule has 2 rings (SSSR count). The lowest BCUT2D eigenvalue weighted by Crippen LogP contribution is -2.34. The standard InChI is InChI=1S/C15H21NOS/c1-18-14-10-8-12(9-11-14)15(17)16-13-6-4-2-3-5-7-13/h8-11,13H,2-7H2,1H3,(H,16,17). The lowest BCUT2D eigenvalue weighted by atomic mass is 10.1. The van der Waals surface area contributed by atoms with Crippen LogP contribution in [0.4, 0.5) is 0 Å². The second kappa shape index (κ2) is 6.83. The predicted octanol–water partition coefficient (Wildman–Crippen LogP) is 3.86. The summed E-state index contributed by atoms with van der Waals surface area (Å²) in [5, 5.41) is 3.17. The zero-order chi connectivity index (χ0) is 12.8. The van der Waals surface area contributed by atoms with Gasteiger partial charge in [-0.3, -0.25) is 4.79 Å². The Kier molecular flexibility index (Phi) is 5.12. The van der Waals surface area contributed by atoms with Gasteiger partial charge in [-0.05, 0) is 43.4 Å². The minimum Gasteiger partial charge on any atom is -0.349 e. The first kappa shape index (κ1) is 13.5. The first-order valence-electron chi connectivity index (χ1n) is 6.74. The molecule has 1 saturated carbocycles. The van der Waals surface area contributed by atoms with Crippen molar-refractivity contribution in [2.75, 3.05) is 6.26 Å². The van der Waals surface area contributed by atoms with E-state index in [0.29, 0.717) is 6.04 Å². The predicted molar refractivity (Wildman–Crippen MR) is 77.2 cm³/mol. The zero-order valence-corrected chi connectivity index (χ0v) is 11.8. The van der Waals surface area contributed by atoms with Gasteiger partial charge in [0.1, 0.15) is 0 Å². The monoisotopic (exact) mass is 263 g/mol. The molecule has 0 atom stereocenters. The summed E-state index contributed by atoms with van der Waals surface area (Å²) in [6.07, 6.45) is 9.43. The molecule has 0 saturated heterocycles. The molecule has 1 aliphatic rings. The fraction of sp³-hybridized carbons (Fsp3) is 0.533. The number of benzene rings is 1. The molecule has 1 amide bonds. The number of rotatable bonds is 3. The highest BCUT2D eigenvalue weighted by molar-refractivity contribution is 7.98. The number of carbonyl (C=O) groups is 1. The van der Waals surface area contributed by atoms with E-state index in [1.165, 1.54) is 30.6 Å². The van der Waals surface area contributed by atoms with E-state index in [1.807, 2.05) is 30.5 Å². The lowest BCUT2D eigenvalue weighted by Gasteiger charge is -2.16. The van der Waals surface area contributed by atoms with Gasteiger partial charge in [0, 0.05) is 16.5 Å². The summed E-state index contributed by atoms with van der Waals surface area (Å²) in [6, 6.07) is 8.22. The van der Waals surface area contributed by atoms with Crippen LogP contribution in [-0.2, 0) is 0 Å². The molecular formula is C15H21NOS. The van der Waals surface area contributed by atoms with E-state index >= 15 is 0 Å². The third-order valence-corrected chi connectivity index (χ3v) is 4.29. The Morgan fingerprint density at radius 2 is 1.72 bits per heavy atom. The average molecular weight is 263 g/mol. The van der Waals surface area contributed by atoms with Gasteiger partial charge in [0.15, 0.2) is 0 Å². The van der Waals surface area contributed by atoms with Crippen LogP contribution in [0, 0.1) is 0 Å². The van der Waals surface area contributed by atoms with Gasteiger partial charge >= 0.3 is 0 Å². The Hall–Kier alpha value is -0.960. The average Bonchev–Trinajstić information content (AvgIpc) is 2.67. The van der Waals surface area contributed by atoms with E-state index in [4.69, 9.17) is 0 Å². The Balaban J connectivity index is 1.93. The van der Waals surface area contributed by atoms with Gasteiger partial charge in [-0.15, -0.1) is 11.8 Å². The normalized spacial score (nSPS) is 17.2. The molecule has 1 N–H and O–H groups in total. The molecule has 18 heavy (non-hydrogen) atoms. The summed E-state index contributed by atoms with van der Waals surface area (Å²) in [5.74, 6) is 0.0783. The Bertz CT molecular complexity index is 380. The number of carbonyl (C=O) groups excluding carboxylic acids is 1. The van der Waals surface area contributed by atoms with Crippen molar-refractivity contribution < 1.29 is 4.79 Å². The highest BCUT2D eigenvalue weighted by atomic mass is 32.2. The molecule has 0 heterocycles. The van der Waals surface area contributed by atoms with E-state index in [0.717, 1.165) is 18.4 Å². The first-order valence-corrected chi connectivity index (χ1v) is 7.97. The van der Waals surface area contributed by atoms with Crippen molar-refractivity contribution in [3.8, 4) is 0 Å². The van der Waals surface area contributed by atoms with Gasteiger partial charge in [0.25, 0.3) is 5.91 Å². The summed E-state index contributed by atoms with van der Waals surface area (Å²) in [4.78, 5) is 13.3. The van der Waals surface area contributed by atoms with Gasteiger partial charge in [-0.25, -0.2) is 0 Å². The second-order valence-corrected chi connectivity index (χ2v) is 5.77. The van der Waals surface area contributed by atoms with Crippen LogP contribution < -0.4 is 5.32 Å². The Morgan fingerprint density at radius 1 is 1.11 bits per heavy atom. The van der Waals surface area contributed by atoms with Crippen LogP contribution in [0.1, 0.15) is 48.9 Å². The van der Waals surface area contributed by atoms with Crippen molar-refractivity contribution in [2.45, 2.75) is 49.5 Å². The van der Waals surface area contributed by atoms with Gasteiger partial charge in [-0.2, -0.15) is 0 Å². The smallest absolute Gasteiger partial charge is 0.251 e. The highest BCUT2D eigenvalue weighted by Gasteiger charge is 2.15. The molecular weight excluding hydrogens is 242 g/mol. The molecule has 0 radical (unpaired) electrons. The summed E-state index contributed by atoms with van der Waals surface area (Å²) >= 11 is 1.70. The SMILES string of the molecule is CSc1ccc(C(=O)NC2CCCCCC2)cc1. The van der Waals surface area contributed by atoms with Crippen LogP contribution in [0.25, 0.3) is 0 Å². The van der Waals surface area contributed by atoms with Crippen molar-refractivity contribution >= 4 is 17.7 Å². The van der Waals surface area contributed by atoms with Gasteiger partial charge in [-0.1, -0.05) is 25.7 Å². The maximum atomic E-state index is 12.1. The molecule has 1 aromatic carbocycles. The Morgan fingerprint density at radius 3 is 2.28 bits per heavy atom. The molecule has 0 aromatic heterocycles. The highest BCUT2D eigenvalue weighted by Crippen LogP contribution is 2.18. The van der Waals surface area contributed by atoms with E-state index in [2.05, 4.69) is 5.32 Å². The largest absolute Gasteiger partial charge is 0.349 e. The number of hydrogen-bond acceptors (Lipinski definition) is 2. The molecule has 98 valence electrons.